The smallest absolute Gasteiger partial charge is 0.340 e. The van der Waals surface area contributed by atoms with Crippen molar-refractivity contribution in [2.75, 3.05) is 30.4 Å². The highest BCUT2D eigenvalue weighted by atomic mass is 19.1. The Hall–Kier alpha value is -2.37. The summed E-state index contributed by atoms with van der Waals surface area (Å²) in [5, 5.41) is 2.80. The Balaban J connectivity index is 1.76. The van der Waals surface area contributed by atoms with E-state index in [1.54, 1.807) is 24.3 Å². The Morgan fingerprint density at radius 2 is 2.16 bits per heavy atom. The third kappa shape index (κ3) is 4.59. The first-order valence-electron chi connectivity index (χ1n) is 8.68. The zero-order valence-corrected chi connectivity index (χ0v) is 14.4. The van der Waals surface area contributed by atoms with Crippen molar-refractivity contribution in [1.82, 2.24) is 0 Å². The third-order valence-electron chi connectivity index (χ3n) is 4.63. The molecule has 134 valence electrons. The number of rotatable bonds is 6. The number of ether oxygens (including phenoxy) is 1. The maximum absolute atomic E-state index is 13.5. The van der Waals surface area contributed by atoms with Crippen LogP contribution >= 0.6 is 0 Å². The summed E-state index contributed by atoms with van der Waals surface area (Å²) >= 11 is 0. The molecule has 1 N–H and O–H groups in total. The number of nitrogens with one attached hydrogen (secondary N) is 1. The van der Waals surface area contributed by atoms with Gasteiger partial charge in [0.25, 0.3) is 0 Å². The lowest BCUT2D eigenvalue weighted by molar-refractivity contribution is -0.116. The highest BCUT2D eigenvalue weighted by Crippen LogP contribution is 2.33. The van der Waals surface area contributed by atoms with Crippen LogP contribution < -0.4 is 10.2 Å². The number of hydrogen-bond acceptors (Lipinski definition) is 4. The summed E-state index contributed by atoms with van der Waals surface area (Å²) in [6, 6.07) is 5.13. The van der Waals surface area contributed by atoms with Crippen LogP contribution in [0.1, 0.15) is 42.5 Å². The lowest BCUT2D eigenvalue weighted by Crippen LogP contribution is -2.29. The van der Waals surface area contributed by atoms with Crippen LogP contribution in [0.2, 0.25) is 0 Å². The number of anilines is 2. The van der Waals surface area contributed by atoms with Crippen LogP contribution in [0.15, 0.2) is 30.1 Å². The molecule has 1 aliphatic heterocycles. The van der Waals surface area contributed by atoms with Gasteiger partial charge in [0.1, 0.15) is 5.83 Å². The number of esters is 1. The molecule has 0 radical (unpaired) electrons. The van der Waals surface area contributed by atoms with Gasteiger partial charge >= 0.3 is 5.97 Å². The Labute approximate surface area is 146 Å². The molecule has 0 atom stereocenters. The van der Waals surface area contributed by atoms with Crippen LogP contribution in [0, 0.1) is 5.92 Å². The molecule has 1 aromatic carbocycles. The summed E-state index contributed by atoms with van der Waals surface area (Å²) in [4.78, 5) is 26.1. The molecule has 0 unspecified atom stereocenters. The van der Waals surface area contributed by atoms with Crippen molar-refractivity contribution in [3.8, 4) is 0 Å². The monoisotopic (exact) mass is 346 g/mol. The summed E-state index contributed by atoms with van der Waals surface area (Å²) < 4.78 is 18.4. The highest BCUT2D eigenvalue weighted by Gasteiger charge is 2.23. The van der Waals surface area contributed by atoms with E-state index in [-0.39, 0.29) is 23.8 Å². The van der Waals surface area contributed by atoms with E-state index < -0.39 is 5.97 Å². The minimum Gasteiger partial charge on any atom is -0.465 e. The number of halogens is 1. The fourth-order valence-electron chi connectivity index (χ4n) is 2.99. The van der Waals surface area contributed by atoms with E-state index in [0.29, 0.717) is 31.0 Å². The quantitative estimate of drug-likeness (QED) is 0.799. The Kier molecular flexibility index (Phi) is 5.36. The van der Waals surface area contributed by atoms with E-state index >= 15 is 0 Å². The van der Waals surface area contributed by atoms with Crippen LogP contribution in [0.3, 0.4) is 0 Å². The molecule has 1 heterocycles. The molecule has 1 saturated carbocycles. The van der Waals surface area contributed by atoms with Gasteiger partial charge < -0.3 is 15.0 Å². The number of amides is 1. The Morgan fingerprint density at radius 1 is 1.36 bits per heavy atom. The lowest BCUT2D eigenvalue weighted by atomic mass is 10.1. The SMILES string of the molecule is COC(=O)c1cc(N2CCC=C(F)C2)ccc1NC(=O)CCC1CC1. The average molecular weight is 346 g/mol. The molecule has 1 fully saturated rings. The second-order valence-electron chi connectivity index (χ2n) is 6.61. The van der Waals surface area contributed by atoms with Crippen LogP contribution in [0.25, 0.3) is 0 Å². The Morgan fingerprint density at radius 3 is 2.84 bits per heavy atom. The van der Waals surface area contributed by atoms with Gasteiger partial charge in [0.2, 0.25) is 5.91 Å². The minimum atomic E-state index is -0.521. The third-order valence-corrected chi connectivity index (χ3v) is 4.63. The van der Waals surface area contributed by atoms with Crippen molar-refractivity contribution in [1.29, 1.82) is 0 Å². The van der Waals surface area contributed by atoms with Gasteiger partial charge in [-0.25, -0.2) is 9.18 Å². The molecule has 6 heteroatoms. The van der Waals surface area contributed by atoms with Crippen molar-refractivity contribution >= 4 is 23.3 Å². The zero-order valence-electron chi connectivity index (χ0n) is 14.4. The number of methoxy groups -OCH3 is 1. The first kappa shape index (κ1) is 17.5. The molecule has 0 saturated heterocycles. The van der Waals surface area contributed by atoms with Crippen molar-refractivity contribution < 1.29 is 18.7 Å². The minimum absolute atomic E-state index is 0.100. The molecule has 1 amide bonds. The number of nitrogens with zero attached hydrogens (tertiary/aromatic N) is 1. The van der Waals surface area contributed by atoms with E-state index in [2.05, 4.69) is 5.32 Å². The van der Waals surface area contributed by atoms with E-state index in [1.165, 1.54) is 20.0 Å². The number of carbonyl (C=O) groups is 2. The molecule has 2 aliphatic rings. The normalized spacial score (nSPS) is 17.0. The van der Waals surface area contributed by atoms with Gasteiger partial charge in [-0.15, -0.1) is 0 Å². The second kappa shape index (κ2) is 7.68. The summed E-state index contributed by atoms with van der Waals surface area (Å²) in [6.45, 7) is 0.870. The standard InChI is InChI=1S/C19H23FN2O3/c1-25-19(24)16-11-15(22-10-2-3-14(20)12-22)7-8-17(16)21-18(23)9-6-13-4-5-13/h3,7-8,11,13H,2,4-6,9-10,12H2,1H3,(H,21,23). The maximum atomic E-state index is 13.5. The molecular weight excluding hydrogens is 323 g/mol. The molecule has 1 aromatic rings. The molecule has 0 spiro atoms. The molecule has 5 nitrogen and oxygen atoms in total. The van der Waals surface area contributed by atoms with Gasteiger partial charge in [-0.05, 0) is 43.0 Å². The van der Waals surface area contributed by atoms with Crippen molar-refractivity contribution in [2.24, 2.45) is 5.92 Å². The highest BCUT2D eigenvalue weighted by molar-refractivity contribution is 6.02. The Bertz CT molecular complexity index is 698. The van der Waals surface area contributed by atoms with Gasteiger partial charge in [-0.3, -0.25) is 4.79 Å². The topological polar surface area (TPSA) is 58.6 Å². The zero-order chi connectivity index (χ0) is 17.8. The number of hydrogen-bond donors (Lipinski definition) is 1. The van der Waals surface area contributed by atoms with E-state index in [9.17, 15) is 14.0 Å². The van der Waals surface area contributed by atoms with Crippen molar-refractivity contribution in [3.63, 3.8) is 0 Å². The van der Waals surface area contributed by atoms with Crippen molar-refractivity contribution in [3.05, 3.63) is 35.7 Å². The number of benzene rings is 1. The fraction of sp³-hybridized carbons (Fsp3) is 0.474. The summed E-state index contributed by atoms with van der Waals surface area (Å²) in [6.07, 6.45) is 5.95. The predicted octanol–water partition coefficient (Wildman–Crippen LogP) is 3.67. The summed E-state index contributed by atoms with van der Waals surface area (Å²) in [5.74, 6) is -0.123. The largest absolute Gasteiger partial charge is 0.465 e. The molecular formula is C19H23FN2O3. The van der Waals surface area contributed by atoms with Gasteiger partial charge in [-0.2, -0.15) is 0 Å². The molecule has 0 aromatic heterocycles. The lowest BCUT2D eigenvalue weighted by Gasteiger charge is -2.27. The molecule has 25 heavy (non-hydrogen) atoms. The van der Waals surface area contributed by atoms with E-state index in [0.717, 1.165) is 12.1 Å². The van der Waals surface area contributed by atoms with Gasteiger partial charge in [0.15, 0.2) is 0 Å². The maximum Gasteiger partial charge on any atom is 0.340 e. The van der Waals surface area contributed by atoms with E-state index in [1.807, 2.05) is 4.90 Å². The van der Waals surface area contributed by atoms with Crippen LogP contribution in [0.4, 0.5) is 15.8 Å². The predicted molar refractivity (Wildman–Crippen MR) is 94.4 cm³/mol. The van der Waals surface area contributed by atoms with E-state index in [4.69, 9.17) is 4.74 Å². The fourth-order valence-corrected chi connectivity index (χ4v) is 2.99. The first-order valence-corrected chi connectivity index (χ1v) is 8.68. The van der Waals surface area contributed by atoms with Crippen LogP contribution in [-0.2, 0) is 9.53 Å². The van der Waals surface area contributed by atoms with Crippen LogP contribution in [0.5, 0.6) is 0 Å². The van der Waals surface area contributed by atoms with Crippen molar-refractivity contribution in [2.45, 2.75) is 32.1 Å². The second-order valence-corrected chi connectivity index (χ2v) is 6.61. The summed E-state index contributed by atoms with van der Waals surface area (Å²) in [5.41, 5.74) is 1.46. The molecule has 0 bridgehead atoms. The average Bonchev–Trinajstić information content (AvgIpc) is 3.44. The van der Waals surface area contributed by atoms with Crippen LogP contribution in [-0.4, -0.2) is 32.1 Å². The van der Waals surface area contributed by atoms with Gasteiger partial charge in [-0.1, -0.05) is 12.8 Å². The van der Waals surface area contributed by atoms with Gasteiger partial charge in [0.05, 0.1) is 24.9 Å². The molecule has 3 rings (SSSR count). The number of carbonyl (C=O) groups excluding carboxylic acids is 2. The molecule has 1 aliphatic carbocycles. The first-order chi connectivity index (χ1) is 12.1. The summed E-state index contributed by atoms with van der Waals surface area (Å²) in [7, 11) is 1.30. The van der Waals surface area contributed by atoms with Gasteiger partial charge in [0, 0.05) is 18.7 Å².